The molecule has 5 nitrogen and oxygen atoms in total. The lowest BCUT2D eigenvalue weighted by atomic mass is 9.97. The second kappa shape index (κ2) is 8.34. The Morgan fingerprint density at radius 1 is 1.07 bits per heavy atom. The molecule has 0 N–H and O–H groups in total. The van der Waals surface area contributed by atoms with E-state index in [9.17, 15) is 9.59 Å². The first-order chi connectivity index (χ1) is 14.2. The second-order valence-corrected chi connectivity index (χ2v) is 8.41. The van der Waals surface area contributed by atoms with Crippen LogP contribution in [0.1, 0.15) is 56.1 Å². The van der Waals surface area contributed by atoms with E-state index in [-0.39, 0.29) is 17.5 Å². The summed E-state index contributed by atoms with van der Waals surface area (Å²) in [5.74, 6) is 0.619. The molecule has 0 saturated carbocycles. The summed E-state index contributed by atoms with van der Waals surface area (Å²) in [5.41, 5.74) is 2.53. The van der Waals surface area contributed by atoms with Crippen molar-refractivity contribution in [1.82, 2.24) is 0 Å². The van der Waals surface area contributed by atoms with E-state index >= 15 is 0 Å². The van der Waals surface area contributed by atoms with Gasteiger partial charge in [0.1, 0.15) is 11.5 Å². The Labute approximate surface area is 178 Å². The molecule has 2 aromatic carbocycles. The van der Waals surface area contributed by atoms with Gasteiger partial charge in [0.25, 0.3) is 0 Å². The van der Waals surface area contributed by atoms with Crippen LogP contribution in [0.4, 0.5) is 5.69 Å². The number of allylic oxidation sites excluding steroid dienone is 1. The average molecular weight is 408 g/mol. The van der Waals surface area contributed by atoms with E-state index in [2.05, 4.69) is 18.7 Å². The van der Waals surface area contributed by atoms with Gasteiger partial charge in [-0.2, -0.15) is 0 Å². The van der Waals surface area contributed by atoms with Gasteiger partial charge in [0.2, 0.25) is 5.78 Å². The van der Waals surface area contributed by atoms with E-state index in [4.69, 9.17) is 9.47 Å². The molecule has 0 aliphatic carbocycles. The van der Waals surface area contributed by atoms with Crippen LogP contribution < -0.4 is 14.4 Å². The van der Waals surface area contributed by atoms with Crippen molar-refractivity contribution in [1.29, 1.82) is 0 Å². The molecule has 30 heavy (non-hydrogen) atoms. The predicted molar refractivity (Wildman–Crippen MR) is 119 cm³/mol. The van der Waals surface area contributed by atoms with Gasteiger partial charge in [0.15, 0.2) is 5.76 Å². The number of ether oxygens (including phenoxy) is 2. The molecule has 158 valence electrons. The average Bonchev–Trinajstić information content (AvgIpc) is 3.02. The number of rotatable bonds is 5. The fraction of sp³-hybridized carbons (Fsp3) is 0.360. The van der Waals surface area contributed by atoms with Gasteiger partial charge in [-0.25, -0.2) is 0 Å². The van der Waals surface area contributed by atoms with Crippen LogP contribution in [0.2, 0.25) is 0 Å². The van der Waals surface area contributed by atoms with E-state index in [1.165, 1.54) is 0 Å². The third kappa shape index (κ3) is 4.25. The number of nitrogens with zero attached hydrogens (tertiary/aromatic N) is 1. The minimum Gasteiger partial charge on any atom is -0.452 e. The number of benzene rings is 2. The standard InChI is InChI=1S/C25H29NO4/c1-7-26(8-2)18-11-9-17(10-12-18)15-21-22(27)19-13-14-20(16(3)23(19)29-21)30-24(28)25(4,5)6/h9-15H,7-8H2,1-6H3/b21-15-. The number of hydrogen-bond acceptors (Lipinski definition) is 5. The van der Waals surface area contributed by atoms with Crippen molar-refractivity contribution in [3.8, 4) is 11.5 Å². The number of ketones is 1. The summed E-state index contributed by atoms with van der Waals surface area (Å²) in [6, 6.07) is 11.3. The van der Waals surface area contributed by atoms with Gasteiger partial charge in [0.05, 0.1) is 11.0 Å². The molecule has 5 heteroatoms. The van der Waals surface area contributed by atoms with Crippen LogP contribution in [0.3, 0.4) is 0 Å². The van der Waals surface area contributed by atoms with Crippen LogP contribution in [0.15, 0.2) is 42.2 Å². The van der Waals surface area contributed by atoms with Gasteiger partial charge in [-0.3, -0.25) is 9.59 Å². The molecule has 1 aliphatic rings. The lowest BCUT2D eigenvalue weighted by molar-refractivity contribution is -0.143. The topological polar surface area (TPSA) is 55.8 Å². The first-order valence-corrected chi connectivity index (χ1v) is 10.3. The number of carbonyl (C=O) groups is 2. The largest absolute Gasteiger partial charge is 0.452 e. The molecule has 1 heterocycles. The Balaban J connectivity index is 1.85. The normalized spacial score (nSPS) is 14.5. The molecule has 0 spiro atoms. The van der Waals surface area contributed by atoms with Crippen molar-refractivity contribution in [2.24, 2.45) is 5.41 Å². The highest BCUT2D eigenvalue weighted by Crippen LogP contribution is 2.39. The van der Waals surface area contributed by atoms with Crippen molar-refractivity contribution in [2.75, 3.05) is 18.0 Å². The summed E-state index contributed by atoms with van der Waals surface area (Å²) in [6.45, 7) is 13.3. The number of hydrogen-bond donors (Lipinski definition) is 0. The van der Waals surface area contributed by atoms with Crippen LogP contribution >= 0.6 is 0 Å². The summed E-state index contributed by atoms with van der Waals surface area (Å²) in [4.78, 5) is 27.3. The molecule has 0 atom stereocenters. The summed E-state index contributed by atoms with van der Waals surface area (Å²) in [7, 11) is 0. The second-order valence-electron chi connectivity index (χ2n) is 8.41. The molecule has 1 aliphatic heterocycles. The maximum Gasteiger partial charge on any atom is 0.316 e. The van der Waals surface area contributed by atoms with E-state index in [1.54, 1.807) is 45.9 Å². The van der Waals surface area contributed by atoms with Crippen molar-refractivity contribution in [3.63, 3.8) is 0 Å². The van der Waals surface area contributed by atoms with E-state index in [0.29, 0.717) is 22.6 Å². The Morgan fingerprint density at radius 3 is 2.27 bits per heavy atom. The minimum absolute atomic E-state index is 0.172. The fourth-order valence-corrected chi connectivity index (χ4v) is 3.25. The van der Waals surface area contributed by atoms with Crippen molar-refractivity contribution < 1.29 is 19.1 Å². The van der Waals surface area contributed by atoms with Crippen LogP contribution in [-0.2, 0) is 4.79 Å². The first kappa shape index (κ1) is 21.6. The van der Waals surface area contributed by atoms with Gasteiger partial charge in [-0.15, -0.1) is 0 Å². The molecule has 0 unspecified atom stereocenters. The summed E-state index contributed by atoms with van der Waals surface area (Å²) >= 11 is 0. The van der Waals surface area contributed by atoms with Gasteiger partial charge >= 0.3 is 5.97 Å². The zero-order valence-corrected chi connectivity index (χ0v) is 18.5. The summed E-state index contributed by atoms with van der Waals surface area (Å²) in [6.07, 6.45) is 1.74. The van der Waals surface area contributed by atoms with E-state index in [1.807, 2.05) is 24.3 Å². The Morgan fingerprint density at radius 2 is 1.70 bits per heavy atom. The molecule has 0 aromatic heterocycles. The number of fused-ring (bicyclic) bond motifs is 1. The number of anilines is 1. The number of esters is 1. The zero-order valence-electron chi connectivity index (χ0n) is 18.5. The van der Waals surface area contributed by atoms with E-state index in [0.717, 1.165) is 24.3 Å². The third-order valence-corrected chi connectivity index (χ3v) is 5.17. The molecular formula is C25H29NO4. The Kier molecular flexibility index (Phi) is 6.01. The molecule has 0 radical (unpaired) electrons. The highest BCUT2D eigenvalue weighted by molar-refractivity contribution is 6.15. The molecule has 0 fully saturated rings. The van der Waals surface area contributed by atoms with Crippen LogP contribution in [0.25, 0.3) is 6.08 Å². The highest BCUT2D eigenvalue weighted by Gasteiger charge is 2.31. The van der Waals surface area contributed by atoms with Crippen molar-refractivity contribution in [3.05, 3.63) is 58.8 Å². The molecule has 0 saturated heterocycles. The van der Waals surface area contributed by atoms with E-state index < -0.39 is 5.41 Å². The number of Topliss-reactive ketones (excluding diaryl/α,β-unsaturated/α-hetero) is 1. The maximum absolute atomic E-state index is 12.8. The quantitative estimate of drug-likeness (QED) is 0.377. The van der Waals surface area contributed by atoms with Crippen LogP contribution in [-0.4, -0.2) is 24.8 Å². The highest BCUT2D eigenvalue weighted by atomic mass is 16.5. The molecule has 0 amide bonds. The predicted octanol–water partition coefficient (Wildman–Crippen LogP) is 5.41. The SMILES string of the molecule is CCN(CC)c1ccc(/C=C2\Oc3c(ccc(OC(=O)C(C)(C)C)c3C)C2=O)cc1. The fourth-order valence-electron chi connectivity index (χ4n) is 3.25. The van der Waals surface area contributed by atoms with Gasteiger partial charge in [0, 0.05) is 24.3 Å². The Bertz CT molecular complexity index is 993. The maximum atomic E-state index is 12.8. The first-order valence-electron chi connectivity index (χ1n) is 10.3. The lowest BCUT2D eigenvalue weighted by Gasteiger charge is -2.20. The Hall–Kier alpha value is -3.08. The van der Waals surface area contributed by atoms with Crippen molar-refractivity contribution >= 4 is 23.5 Å². The van der Waals surface area contributed by atoms with Gasteiger partial charge < -0.3 is 14.4 Å². The lowest BCUT2D eigenvalue weighted by Crippen LogP contribution is -2.25. The number of carbonyl (C=O) groups excluding carboxylic acids is 2. The summed E-state index contributed by atoms with van der Waals surface area (Å²) in [5, 5.41) is 0. The van der Waals surface area contributed by atoms with Crippen LogP contribution in [0, 0.1) is 12.3 Å². The molecule has 0 bridgehead atoms. The monoisotopic (exact) mass is 407 g/mol. The summed E-state index contributed by atoms with van der Waals surface area (Å²) < 4.78 is 11.4. The minimum atomic E-state index is -0.621. The van der Waals surface area contributed by atoms with Crippen LogP contribution in [0.5, 0.6) is 11.5 Å². The zero-order chi connectivity index (χ0) is 22.1. The van der Waals surface area contributed by atoms with Gasteiger partial charge in [-0.1, -0.05) is 12.1 Å². The van der Waals surface area contributed by atoms with Gasteiger partial charge in [-0.05, 0) is 77.4 Å². The molecule has 2 aromatic rings. The molecular weight excluding hydrogens is 378 g/mol. The van der Waals surface area contributed by atoms with Crippen molar-refractivity contribution in [2.45, 2.75) is 41.5 Å². The third-order valence-electron chi connectivity index (χ3n) is 5.17. The smallest absolute Gasteiger partial charge is 0.316 e. The molecule has 3 rings (SSSR count).